The third-order valence-corrected chi connectivity index (χ3v) is 5.65. The van der Waals surface area contributed by atoms with Crippen LogP contribution in [-0.2, 0) is 16.1 Å². The molecule has 0 radical (unpaired) electrons. The molecule has 0 aliphatic carbocycles. The molecule has 0 atom stereocenters. The summed E-state index contributed by atoms with van der Waals surface area (Å²) in [5.41, 5.74) is 3.54. The van der Waals surface area contributed by atoms with Crippen molar-refractivity contribution >= 4 is 45.6 Å². The van der Waals surface area contributed by atoms with Gasteiger partial charge >= 0.3 is 0 Å². The monoisotopic (exact) mass is 412 g/mol. The Labute approximate surface area is 178 Å². The van der Waals surface area contributed by atoms with Gasteiger partial charge in [0.15, 0.2) is 0 Å². The van der Waals surface area contributed by atoms with Crippen LogP contribution in [0.25, 0.3) is 16.5 Å². The summed E-state index contributed by atoms with van der Waals surface area (Å²) < 4.78 is 2.08. The van der Waals surface area contributed by atoms with Gasteiger partial charge in [-0.25, -0.2) is 4.90 Å². The molecule has 1 aliphatic heterocycles. The second kappa shape index (κ2) is 7.32. The summed E-state index contributed by atoms with van der Waals surface area (Å²) in [7, 11) is 0. The smallest absolute Gasteiger partial charge is 0.277 e. The summed E-state index contributed by atoms with van der Waals surface area (Å²) >= 11 is 6.43. The van der Waals surface area contributed by atoms with Gasteiger partial charge in [-0.1, -0.05) is 78.3 Å². The van der Waals surface area contributed by atoms with Crippen molar-refractivity contribution in [3.05, 3.63) is 107 Å². The molecule has 1 aromatic heterocycles. The maximum atomic E-state index is 13.3. The van der Waals surface area contributed by atoms with Crippen LogP contribution in [0.5, 0.6) is 0 Å². The van der Waals surface area contributed by atoms with E-state index in [1.54, 1.807) is 24.3 Å². The number of hydrogen-bond acceptors (Lipinski definition) is 2. The lowest BCUT2D eigenvalue weighted by molar-refractivity contribution is -0.119. The van der Waals surface area contributed by atoms with E-state index in [1.165, 1.54) is 0 Å². The lowest BCUT2D eigenvalue weighted by Gasteiger charge is -2.14. The van der Waals surface area contributed by atoms with Crippen LogP contribution < -0.4 is 4.90 Å². The molecule has 0 unspecified atom stereocenters. The van der Waals surface area contributed by atoms with Crippen LogP contribution in [0.15, 0.2) is 96.2 Å². The van der Waals surface area contributed by atoms with E-state index in [-0.39, 0.29) is 10.6 Å². The van der Waals surface area contributed by atoms with Crippen molar-refractivity contribution in [2.24, 2.45) is 0 Å². The molecule has 0 N–H and O–H groups in total. The Morgan fingerprint density at radius 1 is 0.733 bits per heavy atom. The van der Waals surface area contributed by atoms with Crippen molar-refractivity contribution in [2.75, 3.05) is 4.90 Å². The second-order valence-electron chi connectivity index (χ2n) is 7.14. The van der Waals surface area contributed by atoms with E-state index in [2.05, 4.69) is 16.7 Å². The Morgan fingerprint density at radius 3 is 2.10 bits per heavy atom. The van der Waals surface area contributed by atoms with Gasteiger partial charge in [-0.3, -0.25) is 9.59 Å². The summed E-state index contributed by atoms with van der Waals surface area (Å²) in [5.74, 6) is -0.901. The van der Waals surface area contributed by atoms with Crippen molar-refractivity contribution in [3.8, 4) is 0 Å². The fourth-order valence-electron chi connectivity index (χ4n) is 3.90. The van der Waals surface area contributed by atoms with E-state index in [4.69, 9.17) is 11.6 Å². The van der Waals surface area contributed by atoms with Gasteiger partial charge in [0.25, 0.3) is 11.8 Å². The first-order chi connectivity index (χ1) is 14.6. The highest BCUT2D eigenvalue weighted by Crippen LogP contribution is 2.38. The number of aromatic nitrogens is 1. The number of fused-ring (bicyclic) bond motifs is 1. The Hall–Kier alpha value is -3.63. The Kier molecular flexibility index (Phi) is 4.49. The zero-order valence-electron chi connectivity index (χ0n) is 16.0. The molecule has 1 aliphatic rings. The van der Waals surface area contributed by atoms with Crippen LogP contribution in [0, 0.1) is 0 Å². The largest absolute Gasteiger partial charge is 0.342 e. The van der Waals surface area contributed by atoms with Crippen LogP contribution in [0.3, 0.4) is 0 Å². The van der Waals surface area contributed by atoms with Crippen molar-refractivity contribution in [3.63, 3.8) is 0 Å². The predicted molar refractivity (Wildman–Crippen MR) is 119 cm³/mol. The first-order valence-electron chi connectivity index (χ1n) is 9.61. The Bertz CT molecular complexity index is 1310. The summed E-state index contributed by atoms with van der Waals surface area (Å²) in [6.07, 6.45) is 1.91. The molecular formula is C25H17ClN2O2. The number of anilines is 1. The first kappa shape index (κ1) is 18.4. The molecule has 0 bridgehead atoms. The van der Waals surface area contributed by atoms with Crippen LogP contribution in [0.2, 0.25) is 0 Å². The summed E-state index contributed by atoms with van der Waals surface area (Å²) in [5, 5.41) is 0.837. The van der Waals surface area contributed by atoms with Gasteiger partial charge < -0.3 is 4.57 Å². The van der Waals surface area contributed by atoms with E-state index in [9.17, 15) is 9.59 Å². The lowest BCUT2D eigenvalue weighted by atomic mass is 10.1. The number of rotatable bonds is 4. The van der Waals surface area contributed by atoms with E-state index >= 15 is 0 Å². The highest BCUT2D eigenvalue weighted by molar-refractivity contribution is 6.60. The summed E-state index contributed by atoms with van der Waals surface area (Å²) in [6, 6.07) is 26.8. The van der Waals surface area contributed by atoms with Crippen molar-refractivity contribution in [1.29, 1.82) is 0 Å². The minimum atomic E-state index is -0.497. The maximum absolute atomic E-state index is 13.3. The first-order valence-corrected chi connectivity index (χ1v) is 9.98. The SMILES string of the molecule is O=C1C(Cl)=C(c2cn(Cc3ccccc3)c3ccccc23)C(=O)N1c1ccccc1. The average Bonchev–Trinajstić information content (AvgIpc) is 3.24. The lowest BCUT2D eigenvalue weighted by Crippen LogP contribution is -2.31. The van der Waals surface area contributed by atoms with Gasteiger partial charge in [0.05, 0.1) is 11.3 Å². The number of nitrogens with zero attached hydrogens (tertiary/aromatic N) is 2. The maximum Gasteiger partial charge on any atom is 0.277 e. The van der Waals surface area contributed by atoms with Crippen LogP contribution in [-0.4, -0.2) is 16.4 Å². The molecule has 0 fully saturated rings. The summed E-state index contributed by atoms with van der Waals surface area (Å²) in [4.78, 5) is 27.3. The number of benzene rings is 3. The van der Waals surface area contributed by atoms with E-state index in [0.717, 1.165) is 21.4 Å². The standard InChI is InChI=1S/C25H17ClN2O2/c26-23-22(24(29)28(25(23)30)18-11-5-2-6-12-18)20-16-27(15-17-9-3-1-4-10-17)21-14-8-7-13-19(20)21/h1-14,16H,15H2. The van der Waals surface area contributed by atoms with E-state index in [0.29, 0.717) is 17.8 Å². The van der Waals surface area contributed by atoms with Crippen LogP contribution in [0.4, 0.5) is 5.69 Å². The highest BCUT2D eigenvalue weighted by Gasteiger charge is 2.40. The van der Waals surface area contributed by atoms with Gasteiger partial charge in [0.1, 0.15) is 5.03 Å². The highest BCUT2D eigenvalue weighted by atomic mass is 35.5. The van der Waals surface area contributed by atoms with Gasteiger partial charge in [0.2, 0.25) is 0 Å². The van der Waals surface area contributed by atoms with Gasteiger partial charge in [-0.15, -0.1) is 0 Å². The quantitative estimate of drug-likeness (QED) is 0.431. The predicted octanol–water partition coefficient (Wildman–Crippen LogP) is 5.21. The minimum absolute atomic E-state index is 0.0496. The molecule has 2 heterocycles. The molecule has 5 heteroatoms. The molecule has 4 nitrogen and oxygen atoms in total. The van der Waals surface area contributed by atoms with Crippen molar-refractivity contribution in [1.82, 2.24) is 4.57 Å². The average molecular weight is 413 g/mol. The summed E-state index contributed by atoms with van der Waals surface area (Å²) in [6.45, 7) is 0.650. The Morgan fingerprint density at radius 2 is 1.37 bits per heavy atom. The molecule has 0 spiro atoms. The van der Waals surface area contributed by atoms with Gasteiger partial charge in [-0.2, -0.15) is 0 Å². The third-order valence-electron chi connectivity index (χ3n) is 5.30. The van der Waals surface area contributed by atoms with Crippen LogP contribution >= 0.6 is 11.6 Å². The third kappa shape index (κ3) is 2.93. The molecule has 4 aromatic rings. The number of imide groups is 1. The number of carbonyl (C=O) groups excluding carboxylic acids is 2. The van der Waals surface area contributed by atoms with E-state index in [1.807, 2.05) is 54.7 Å². The van der Waals surface area contributed by atoms with Crippen molar-refractivity contribution < 1.29 is 9.59 Å². The minimum Gasteiger partial charge on any atom is -0.342 e. The number of amides is 2. The molecular weight excluding hydrogens is 396 g/mol. The molecule has 2 amide bonds. The fourth-order valence-corrected chi connectivity index (χ4v) is 4.17. The zero-order chi connectivity index (χ0) is 20.7. The molecule has 0 saturated carbocycles. The molecule has 5 rings (SSSR count). The second-order valence-corrected chi connectivity index (χ2v) is 7.52. The molecule has 146 valence electrons. The van der Waals surface area contributed by atoms with E-state index < -0.39 is 11.8 Å². The Balaban J connectivity index is 1.63. The fraction of sp³-hybridized carbons (Fsp3) is 0.0400. The normalized spacial score (nSPS) is 14.2. The van der Waals surface area contributed by atoms with Gasteiger partial charge in [-0.05, 0) is 23.8 Å². The number of halogens is 1. The molecule has 30 heavy (non-hydrogen) atoms. The molecule has 0 saturated heterocycles. The number of para-hydroxylation sites is 2. The van der Waals surface area contributed by atoms with Gasteiger partial charge in [0, 0.05) is 29.2 Å². The number of hydrogen-bond donors (Lipinski definition) is 0. The van der Waals surface area contributed by atoms with Crippen molar-refractivity contribution in [2.45, 2.75) is 6.54 Å². The number of carbonyl (C=O) groups is 2. The zero-order valence-corrected chi connectivity index (χ0v) is 16.7. The van der Waals surface area contributed by atoms with Crippen LogP contribution in [0.1, 0.15) is 11.1 Å². The molecule has 3 aromatic carbocycles. The topological polar surface area (TPSA) is 42.3 Å².